The highest BCUT2D eigenvalue weighted by Gasteiger charge is 2.15. The molecule has 2 aromatic carbocycles. The van der Waals surface area contributed by atoms with Crippen LogP contribution in [-0.4, -0.2) is 22.7 Å². The number of anilines is 2. The molecular formula is C19H15FN4O3S. The fourth-order valence-electron chi connectivity index (χ4n) is 2.35. The summed E-state index contributed by atoms with van der Waals surface area (Å²) >= 11 is 0.952. The molecule has 28 heavy (non-hydrogen) atoms. The molecule has 1 aromatic heterocycles. The number of nitrogens with zero attached hydrogens (tertiary/aromatic N) is 1. The van der Waals surface area contributed by atoms with Crippen molar-refractivity contribution in [1.29, 1.82) is 0 Å². The molecule has 0 atom stereocenters. The van der Waals surface area contributed by atoms with Crippen molar-refractivity contribution in [2.75, 3.05) is 10.6 Å². The maximum absolute atomic E-state index is 13.8. The van der Waals surface area contributed by atoms with Gasteiger partial charge in [0.25, 0.3) is 17.7 Å². The molecule has 1 heterocycles. The van der Waals surface area contributed by atoms with Crippen molar-refractivity contribution in [1.82, 2.24) is 4.98 Å². The van der Waals surface area contributed by atoms with Gasteiger partial charge in [-0.15, -0.1) is 0 Å². The molecule has 0 radical (unpaired) electrons. The predicted octanol–water partition coefficient (Wildman–Crippen LogP) is 3.19. The predicted molar refractivity (Wildman–Crippen MR) is 104 cm³/mol. The van der Waals surface area contributed by atoms with Crippen molar-refractivity contribution in [2.45, 2.75) is 6.92 Å². The number of nitrogens with two attached hydrogens (primary N) is 1. The molecule has 0 unspecified atom stereocenters. The third kappa shape index (κ3) is 4.21. The normalized spacial score (nSPS) is 10.4. The van der Waals surface area contributed by atoms with Gasteiger partial charge in [0.05, 0.1) is 11.8 Å². The summed E-state index contributed by atoms with van der Waals surface area (Å²) in [5, 5.41) is 5.39. The Morgan fingerprint density at radius 3 is 2.50 bits per heavy atom. The molecule has 0 aliphatic heterocycles. The van der Waals surface area contributed by atoms with Gasteiger partial charge >= 0.3 is 0 Å². The summed E-state index contributed by atoms with van der Waals surface area (Å²) in [6.07, 6.45) is 1.28. The summed E-state index contributed by atoms with van der Waals surface area (Å²) in [6.45, 7) is 1.75. The molecule has 3 amide bonds. The van der Waals surface area contributed by atoms with Gasteiger partial charge in [0.15, 0.2) is 5.13 Å². The van der Waals surface area contributed by atoms with Crippen molar-refractivity contribution in [3.63, 3.8) is 0 Å². The zero-order chi connectivity index (χ0) is 20.3. The number of hydrogen-bond donors (Lipinski definition) is 3. The van der Waals surface area contributed by atoms with E-state index in [1.807, 2.05) is 0 Å². The number of primary amides is 1. The van der Waals surface area contributed by atoms with E-state index in [1.54, 1.807) is 25.1 Å². The van der Waals surface area contributed by atoms with Crippen LogP contribution in [0.5, 0.6) is 0 Å². The van der Waals surface area contributed by atoms with Crippen LogP contribution in [0.15, 0.2) is 48.7 Å². The van der Waals surface area contributed by atoms with E-state index in [0.29, 0.717) is 11.3 Å². The van der Waals surface area contributed by atoms with E-state index < -0.39 is 23.5 Å². The number of carbonyl (C=O) groups excluding carboxylic acids is 3. The molecule has 3 aromatic rings. The molecule has 9 heteroatoms. The molecule has 0 spiro atoms. The molecule has 4 N–H and O–H groups in total. The lowest BCUT2D eigenvalue weighted by Crippen LogP contribution is -2.16. The Hall–Kier alpha value is -3.59. The van der Waals surface area contributed by atoms with Crippen LogP contribution in [-0.2, 0) is 0 Å². The summed E-state index contributed by atoms with van der Waals surface area (Å²) in [5.41, 5.74) is 6.39. The Balaban J connectivity index is 1.78. The van der Waals surface area contributed by atoms with Crippen LogP contribution in [0.2, 0.25) is 0 Å². The largest absolute Gasteiger partial charge is 0.365 e. The first kappa shape index (κ1) is 19.2. The van der Waals surface area contributed by atoms with E-state index in [0.717, 1.165) is 11.3 Å². The molecule has 0 aliphatic rings. The summed E-state index contributed by atoms with van der Waals surface area (Å²) in [6, 6.07) is 10.3. The number of thiazole rings is 1. The smallest absolute Gasteiger partial charge is 0.260 e. The van der Waals surface area contributed by atoms with Crippen LogP contribution < -0.4 is 16.4 Å². The Kier molecular flexibility index (Phi) is 5.46. The Bertz CT molecular complexity index is 1080. The van der Waals surface area contributed by atoms with Crippen LogP contribution in [0.3, 0.4) is 0 Å². The monoisotopic (exact) mass is 398 g/mol. The first-order valence-corrected chi connectivity index (χ1v) is 8.90. The van der Waals surface area contributed by atoms with Crippen LogP contribution in [0.1, 0.15) is 36.0 Å². The molecular weight excluding hydrogens is 383 g/mol. The maximum atomic E-state index is 13.8. The Morgan fingerprint density at radius 2 is 1.82 bits per heavy atom. The minimum absolute atomic E-state index is 0.0986. The molecule has 0 aliphatic carbocycles. The molecule has 0 saturated heterocycles. The number of rotatable bonds is 5. The first-order chi connectivity index (χ1) is 13.3. The van der Waals surface area contributed by atoms with Crippen molar-refractivity contribution >= 4 is 39.9 Å². The lowest BCUT2D eigenvalue weighted by Gasteiger charge is -2.11. The van der Waals surface area contributed by atoms with Crippen LogP contribution >= 0.6 is 11.3 Å². The number of nitrogens with one attached hydrogen (secondary N) is 2. The number of aromatic nitrogens is 1. The average Bonchev–Trinajstić information content (AvgIpc) is 3.12. The van der Waals surface area contributed by atoms with E-state index in [1.165, 1.54) is 30.5 Å². The van der Waals surface area contributed by atoms with Crippen molar-refractivity contribution < 1.29 is 18.8 Å². The number of aryl methyl sites for hydroxylation is 1. The Morgan fingerprint density at radius 1 is 1.07 bits per heavy atom. The fourth-order valence-corrected chi connectivity index (χ4v) is 3.01. The highest BCUT2D eigenvalue weighted by Crippen LogP contribution is 2.21. The van der Waals surface area contributed by atoms with E-state index >= 15 is 0 Å². The lowest BCUT2D eigenvalue weighted by molar-refractivity contribution is 0.0999. The van der Waals surface area contributed by atoms with Crippen molar-refractivity contribution in [2.24, 2.45) is 5.73 Å². The summed E-state index contributed by atoms with van der Waals surface area (Å²) in [4.78, 5) is 40.0. The van der Waals surface area contributed by atoms with Gasteiger partial charge in [-0.2, -0.15) is 0 Å². The van der Waals surface area contributed by atoms with Gasteiger partial charge in [-0.05, 0) is 36.8 Å². The summed E-state index contributed by atoms with van der Waals surface area (Å²) in [5.74, 6) is -2.37. The van der Waals surface area contributed by atoms with E-state index in [9.17, 15) is 18.8 Å². The number of carbonyl (C=O) groups is 3. The molecule has 142 valence electrons. The SMILES string of the molecule is Cc1ccc(C(=O)Nc2ncc(C(N)=O)s2)cc1NC(=O)c1ccccc1F. The summed E-state index contributed by atoms with van der Waals surface area (Å²) in [7, 11) is 0. The minimum Gasteiger partial charge on any atom is -0.365 e. The standard InChI is InChI=1S/C19H15FN4O3S/c1-10-6-7-11(17(26)24-19-22-9-15(28-19)16(21)25)8-14(10)23-18(27)12-4-2-3-5-13(12)20/h2-9H,1H3,(H2,21,25)(H,23,27)(H,22,24,26). The molecule has 7 nitrogen and oxygen atoms in total. The second kappa shape index (κ2) is 7.97. The second-order valence-electron chi connectivity index (χ2n) is 5.81. The molecule has 0 fully saturated rings. The highest BCUT2D eigenvalue weighted by molar-refractivity contribution is 7.17. The molecule has 0 saturated carbocycles. The lowest BCUT2D eigenvalue weighted by atomic mass is 10.1. The quantitative estimate of drug-likeness (QED) is 0.612. The minimum atomic E-state index is -0.638. The van der Waals surface area contributed by atoms with Gasteiger partial charge < -0.3 is 11.1 Å². The van der Waals surface area contributed by atoms with Crippen molar-refractivity contribution in [3.8, 4) is 0 Å². The average molecular weight is 398 g/mol. The molecule has 3 rings (SSSR count). The number of amides is 3. The number of hydrogen-bond acceptors (Lipinski definition) is 5. The molecule has 0 bridgehead atoms. The Labute approximate surface area is 163 Å². The van der Waals surface area contributed by atoms with Gasteiger partial charge in [0, 0.05) is 11.3 Å². The van der Waals surface area contributed by atoms with Gasteiger partial charge in [-0.25, -0.2) is 9.37 Å². The van der Waals surface area contributed by atoms with Crippen LogP contribution in [0, 0.1) is 12.7 Å². The van der Waals surface area contributed by atoms with Gasteiger partial charge in [-0.3, -0.25) is 19.7 Å². The zero-order valence-corrected chi connectivity index (χ0v) is 15.5. The van der Waals surface area contributed by atoms with Crippen molar-refractivity contribution in [3.05, 3.63) is 76.0 Å². The second-order valence-corrected chi connectivity index (χ2v) is 6.84. The summed E-state index contributed by atoms with van der Waals surface area (Å²) < 4.78 is 13.8. The number of benzene rings is 2. The van der Waals surface area contributed by atoms with Crippen LogP contribution in [0.25, 0.3) is 0 Å². The fraction of sp³-hybridized carbons (Fsp3) is 0.0526. The van der Waals surface area contributed by atoms with E-state index in [2.05, 4.69) is 15.6 Å². The third-order valence-electron chi connectivity index (χ3n) is 3.84. The van der Waals surface area contributed by atoms with Gasteiger partial charge in [0.2, 0.25) is 0 Å². The third-order valence-corrected chi connectivity index (χ3v) is 4.76. The van der Waals surface area contributed by atoms with Gasteiger partial charge in [0.1, 0.15) is 10.7 Å². The topological polar surface area (TPSA) is 114 Å². The van der Waals surface area contributed by atoms with Gasteiger partial charge in [-0.1, -0.05) is 29.5 Å². The maximum Gasteiger partial charge on any atom is 0.260 e. The number of halogens is 1. The zero-order valence-electron chi connectivity index (χ0n) is 14.7. The highest BCUT2D eigenvalue weighted by atomic mass is 32.1. The van der Waals surface area contributed by atoms with Crippen LogP contribution in [0.4, 0.5) is 15.2 Å². The first-order valence-electron chi connectivity index (χ1n) is 8.08. The van der Waals surface area contributed by atoms with E-state index in [-0.39, 0.29) is 21.1 Å². The van der Waals surface area contributed by atoms with E-state index in [4.69, 9.17) is 5.73 Å².